The van der Waals surface area contributed by atoms with E-state index in [2.05, 4.69) is 15.4 Å². The van der Waals surface area contributed by atoms with Gasteiger partial charge in [0.25, 0.3) is 11.5 Å². The SMILES string of the molecule is O=C(NCCCn1ncccc1=O)c1cnc(OC2CCOCC2)c(Cl)c1. The van der Waals surface area contributed by atoms with Crippen molar-refractivity contribution < 1.29 is 14.3 Å². The number of aromatic nitrogens is 3. The number of rotatable bonds is 7. The first-order valence-electron chi connectivity index (χ1n) is 8.84. The van der Waals surface area contributed by atoms with Crippen LogP contribution in [0.5, 0.6) is 5.88 Å². The number of nitrogens with zero attached hydrogens (tertiary/aromatic N) is 3. The van der Waals surface area contributed by atoms with Crippen molar-refractivity contribution in [3.63, 3.8) is 0 Å². The molecule has 0 aliphatic carbocycles. The van der Waals surface area contributed by atoms with Crippen LogP contribution in [-0.2, 0) is 11.3 Å². The normalized spacial score (nSPS) is 14.7. The predicted molar refractivity (Wildman–Crippen MR) is 99.2 cm³/mol. The van der Waals surface area contributed by atoms with Gasteiger partial charge in [-0.2, -0.15) is 5.10 Å². The summed E-state index contributed by atoms with van der Waals surface area (Å²) in [6.45, 7) is 2.15. The van der Waals surface area contributed by atoms with Gasteiger partial charge in [-0.15, -0.1) is 0 Å². The highest BCUT2D eigenvalue weighted by molar-refractivity contribution is 6.32. The molecule has 2 aromatic rings. The molecule has 0 aromatic carbocycles. The maximum atomic E-state index is 12.2. The fourth-order valence-electron chi connectivity index (χ4n) is 2.68. The van der Waals surface area contributed by atoms with Gasteiger partial charge in [0.2, 0.25) is 5.88 Å². The fourth-order valence-corrected chi connectivity index (χ4v) is 2.89. The second-order valence-corrected chi connectivity index (χ2v) is 6.54. The van der Waals surface area contributed by atoms with Crippen LogP contribution in [0.1, 0.15) is 29.6 Å². The maximum absolute atomic E-state index is 12.2. The molecular weight excluding hydrogens is 372 g/mol. The number of amides is 1. The zero-order chi connectivity index (χ0) is 19.1. The highest BCUT2D eigenvalue weighted by Gasteiger charge is 2.18. The third-order valence-electron chi connectivity index (χ3n) is 4.13. The van der Waals surface area contributed by atoms with Crippen LogP contribution in [0.3, 0.4) is 0 Å². The van der Waals surface area contributed by atoms with Crippen LogP contribution in [0.15, 0.2) is 35.4 Å². The van der Waals surface area contributed by atoms with Gasteiger partial charge in [-0.3, -0.25) is 9.59 Å². The van der Waals surface area contributed by atoms with Crippen LogP contribution in [-0.4, -0.2) is 46.5 Å². The van der Waals surface area contributed by atoms with Crippen LogP contribution in [0.2, 0.25) is 5.02 Å². The van der Waals surface area contributed by atoms with E-state index in [0.717, 1.165) is 12.8 Å². The standard InChI is InChI=1S/C18H21ClN4O4/c19-15-11-13(12-21-18(15)27-14-4-9-26-10-5-14)17(25)20-6-2-8-23-16(24)3-1-7-22-23/h1,3,7,11-12,14H,2,4-6,8-10H2,(H,20,25). The first-order valence-corrected chi connectivity index (χ1v) is 9.21. The Morgan fingerprint density at radius 2 is 2.22 bits per heavy atom. The number of aryl methyl sites for hydroxylation is 1. The van der Waals surface area contributed by atoms with Gasteiger partial charge in [0.1, 0.15) is 11.1 Å². The van der Waals surface area contributed by atoms with Gasteiger partial charge >= 0.3 is 0 Å². The molecule has 1 N–H and O–H groups in total. The second-order valence-electron chi connectivity index (χ2n) is 6.14. The smallest absolute Gasteiger partial charge is 0.266 e. The summed E-state index contributed by atoms with van der Waals surface area (Å²) in [5, 5.41) is 7.04. The lowest BCUT2D eigenvalue weighted by molar-refractivity contribution is 0.0238. The average molecular weight is 393 g/mol. The Bertz CT molecular complexity index is 836. The van der Waals surface area contributed by atoms with Crippen molar-refractivity contribution in [1.29, 1.82) is 0 Å². The van der Waals surface area contributed by atoms with Crippen molar-refractivity contribution in [3.8, 4) is 5.88 Å². The summed E-state index contributed by atoms with van der Waals surface area (Å²) < 4.78 is 12.4. The highest BCUT2D eigenvalue weighted by Crippen LogP contribution is 2.25. The molecule has 1 fully saturated rings. The first kappa shape index (κ1) is 19.3. The van der Waals surface area contributed by atoms with Crippen molar-refractivity contribution >= 4 is 17.5 Å². The third-order valence-corrected chi connectivity index (χ3v) is 4.40. The summed E-state index contributed by atoms with van der Waals surface area (Å²) in [4.78, 5) is 27.9. The number of carbonyl (C=O) groups is 1. The Morgan fingerprint density at radius 3 is 2.96 bits per heavy atom. The number of hydrogen-bond acceptors (Lipinski definition) is 6. The van der Waals surface area contributed by atoms with E-state index >= 15 is 0 Å². The molecule has 0 unspecified atom stereocenters. The van der Waals surface area contributed by atoms with E-state index in [1.165, 1.54) is 16.9 Å². The molecule has 1 saturated heterocycles. The predicted octanol–water partition coefficient (Wildman–Crippen LogP) is 1.67. The molecule has 1 aliphatic rings. The summed E-state index contributed by atoms with van der Waals surface area (Å²) >= 11 is 6.21. The quantitative estimate of drug-likeness (QED) is 0.720. The number of carbonyl (C=O) groups excluding carboxylic acids is 1. The number of pyridine rings is 1. The highest BCUT2D eigenvalue weighted by atomic mass is 35.5. The zero-order valence-electron chi connectivity index (χ0n) is 14.8. The van der Waals surface area contributed by atoms with Crippen molar-refractivity contribution in [3.05, 3.63) is 51.5 Å². The fraction of sp³-hybridized carbons (Fsp3) is 0.444. The van der Waals surface area contributed by atoms with Crippen molar-refractivity contribution in [1.82, 2.24) is 20.1 Å². The average Bonchev–Trinajstić information content (AvgIpc) is 2.68. The van der Waals surface area contributed by atoms with E-state index in [1.54, 1.807) is 18.3 Å². The van der Waals surface area contributed by atoms with Gasteiger partial charge in [0.15, 0.2) is 0 Å². The lowest BCUT2D eigenvalue weighted by atomic mass is 10.1. The molecule has 0 radical (unpaired) electrons. The summed E-state index contributed by atoms with van der Waals surface area (Å²) in [6.07, 6.45) is 5.18. The van der Waals surface area contributed by atoms with E-state index in [0.29, 0.717) is 49.2 Å². The third kappa shape index (κ3) is 5.51. The molecule has 0 atom stereocenters. The topological polar surface area (TPSA) is 95.3 Å². The molecule has 1 amide bonds. The monoisotopic (exact) mass is 392 g/mol. The summed E-state index contributed by atoms with van der Waals surface area (Å²) in [6, 6.07) is 4.58. The van der Waals surface area contributed by atoms with E-state index in [1.807, 2.05) is 0 Å². The molecule has 8 nitrogen and oxygen atoms in total. The van der Waals surface area contributed by atoms with Gasteiger partial charge in [-0.25, -0.2) is 9.67 Å². The molecular formula is C18H21ClN4O4. The van der Waals surface area contributed by atoms with E-state index in [9.17, 15) is 9.59 Å². The molecule has 2 aromatic heterocycles. The van der Waals surface area contributed by atoms with Crippen LogP contribution < -0.4 is 15.6 Å². The van der Waals surface area contributed by atoms with Crippen LogP contribution in [0.25, 0.3) is 0 Å². The van der Waals surface area contributed by atoms with Crippen LogP contribution in [0, 0.1) is 0 Å². The van der Waals surface area contributed by atoms with Crippen molar-refractivity contribution in [2.75, 3.05) is 19.8 Å². The molecule has 9 heteroatoms. The molecule has 27 heavy (non-hydrogen) atoms. The molecule has 0 spiro atoms. The molecule has 0 bridgehead atoms. The number of hydrogen-bond donors (Lipinski definition) is 1. The van der Waals surface area contributed by atoms with Crippen molar-refractivity contribution in [2.45, 2.75) is 31.9 Å². The summed E-state index contributed by atoms with van der Waals surface area (Å²) in [5.74, 6) is 0.0463. The van der Waals surface area contributed by atoms with Gasteiger partial charge in [-0.05, 0) is 18.6 Å². The van der Waals surface area contributed by atoms with Crippen molar-refractivity contribution in [2.24, 2.45) is 0 Å². The maximum Gasteiger partial charge on any atom is 0.266 e. The Balaban J connectivity index is 1.48. The number of ether oxygens (including phenoxy) is 2. The molecule has 3 heterocycles. The second kappa shape index (κ2) is 9.48. The Labute approximate surface area is 161 Å². The van der Waals surface area contributed by atoms with E-state index < -0.39 is 0 Å². The van der Waals surface area contributed by atoms with Gasteiger partial charge in [-0.1, -0.05) is 11.6 Å². The molecule has 3 rings (SSSR count). The molecule has 0 saturated carbocycles. The molecule has 1 aliphatic heterocycles. The minimum absolute atomic E-state index is 0.0263. The number of nitrogens with one attached hydrogen (secondary N) is 1. The Hall–Kier alpha value is -2.45. The summed E-state index contributed by atoms with van der Waals surface area (Å²) in [7, 11) is 0. The van der Waals surface area contributed by atoms with Crippen LogP contribution >= 0.6 is 11.6 Å². The lowest BCUT2D eigenvalue weighted by Gasteiger charge is -2.23. The largest absolute Gasteiger partial charge is 0.473 e. The Kier molecular flexibility index (Phi) is 6.78. The Morgan fingerprint density at radius 1 is 1.41 bits per heavy atom. The minimum atomic E-state index is -0.282. The van der Waals surface area contributed by atoms with Gasteiger partial charge in [0, 0.05) is 44.4 Å². The van der Waals surface area contributed by atoms with E-state index in [-0.39, 0.29) is 17.6 Å². The van der Waals surface area contributed by atoms with Gasteiger partial charge < -0.3 is 14.8 Å². The molecule has 144 valence electrons. The van der Waals surface area contributed by atoms with Crippen LogP contribution in [0.4, 0.5) is 0 Å². The number of halogens is 1. The summed E-state index contributed by atoms with van der Waals surface area (Å²) in [5.41, 5.74) is 0.189. The van der Waals surface area contributed by atoms with Gasteiger partial charge in [0.05, 0.1) is 18.8 Å². The zero-order valence-corrected chi connectivity index (χ0v) is 15.5. The minimum Gasteiger partial charge on any atom is -0.473 e. The van der Waals surface area contributed by atoms with E-state index in [4.69, 9.17) is 21.1 Å². The lowest BCUT2D eigenvalue weighted by Crippen LogP contribution is -2.28. The first-order chi connectivity index (χ1) is 13.1.